The van der Waals surface area contributed by atoms with Crippen molar-refractivity contribution in [2.24, 2.45) is 0 Å². The highest BCUT2D eigenvalue weighted by atomic mass is 32.2. The summed E-state index contributed by atoms with van der Waals surface area (Å²) in [5.74, 6) is 0.292. The maximum absolute atomic E-state index is 12.4. The van der Waals surface area contributed by atoms with Crippen LogP contribution in [0, 0.1) is 0 Å². The third-order valence-corrected chi connectivity index (χ3v) is 5.88. The second-order valence-corrected chi connectivity index (χ2v) is 8.44. The Morgan fingerprint density at radius 2 is 1.53 bits per heavy atom. The molecule has 0 aliphatic heterocycles. The standard InChI is InChI=1S/C23H24N2O4S/c1-2-18-8-12-21(13-9-18)29-17-23(26)25-20-10-14-22(15-11-20)30(27,28)24-16-19-6-4-3-5-7-19/h3-15,24H,2,16-17H2,1H3,(H,25,26). The molecular formula is C23H24N2O4S. The number of carbonyl (C=O) groups excluding carboxylic acids is 1. The van der Waals surface area contributed by atoms with Gasteiger partial charge in [0.2, 0.25) is 10.0 Å². The van der Waals surface area contributed by atoms with E-state index in [2.05, 4.69) is 17.0 Å². The Morgan fingerprint density at radius 1 is 0.867 bits per heavy atom. The number of hydrogen-bond acceptors (Lipinski definition) is 4. The first-order chi connectivity index (χ1) is 14.5. The maximum Gasteiger partial charge on any atom is 0.262 e. The van der Waals surface area contributed by atoms with E-state index in [-0.39, 0.29) is 24.0 Å². The normalized spacial score (nSPS) is 11.1. The van der Waals surface area contributed by atoms with Gasteiger partial charge in [0, 0.05) is 12.2 Å². The summed E-state index contributed by atoms with van der Waals surface area (Å²) in [4.78, 5) is 12.2. The molecule has 0 saturated carbocycles. The number of hydrogen-bond donors (Lipinski definition) is 2. The van der Waals surface area contributed by atoms with Crippen LogP contribution in [-0.4, -0.2) is 20.9 Å². The first kappa shape index (κ1) is 21.5. The van der Waals surface area contributed by atoms with Crippen molar-refractivity contribution in [2.45, 2.75) is 24.8 Å². The molecule has 3 rings (SSSR count). The zero-order valence-corrected chi connectivity index (χ0v) is 17.5. The van der Waals surface area contributed by atoms with E-state index in [1.807, 2.05) is 54.6 Å². The van der Waals surface area contributed by atoms with Gasteiger partial charge in [-0.1, -0.05) is 49.4 Å². The average Bonchev–Trinajstić information content (AvgIpc) is 2.78. The first-order valence-electron chi connectivity index (χ1n) is 9.61. The van der Waals surface area contributed by atoms with Gasteiger partial charge in [0.1, 0.15) is 5.75 Å². The number of rotatable bonds is 9. The Bertz CT molecular complexity index is 1060. The lowest BCUT2D eigenvalue weighted by molar-refractivity contribution is -0.118. The molecule has 0 spiro atoms. The summed E-state index contributed by atoms with van der Waals surface area (Å²) in [6.07, 6.45) is 0.939. The molecule has 0 saturated heterocycles. The number of anilines is 1. The third-order valence-electron chi connectivity index (χ3n) is 4.46. The smallest absolute Gasteiger partial charge is 0.262 e. The van der Waals surface area contributed by atoms with Crippen LogP contribution < -0.4 is 14.8 Å². The summed E-state index contributed by atoms with van der Waals surface area (Å²) in [6.45, 7) is 2.14. The Balaban J connectivity index is 1.52. The summed E-state index contributed by atoms with van der Waals surface area (Å²) >= 11 is 0. The van der Waals surface area contributed by atoms with Crippen molar-refractivity contribution in [3.63, 3.8) is 0 Å². The lowest BCUT2D eigenvalue weighted by Crippen LogP contribution is -2.23. The van der Waals surface area contributed by atoms with Crippen LogP contribution in [0.2, 0.25) is 0 Å². The minimum Gasteiger partial charge on any atom is -0.484 e. The molecule has 0 aromatic heterocycles. The number of aryl methyl sites for hydroxylation is 1. The molecule has 7 heteroatoms. The third kappa shape index (κ3) is 6.17. The predicted octanol–water partition coefficient (Wildman–Crippen LogP) is 3.75. The van der Waals surface area contributed by atoms with Crippen molar-refractivity contribution >= 4 is 21.6 Å². The highest BCUT2D eigenvalue weighted by Gasteiger charge is 2.14. The molecule has 156 valence electrons. The average molecular weight is 425 g/mol. The van der Waals surface area contributed by atoms with E-state index in [0.29, 0.717) is 11.4 Å². The van der Waals surface area contributed by atoms with Gasteiger partial charge in [0.25, 0.3) is 5.91 Å². The van der Waals surface area contributed by atoms with Crippen molar-refractivity contribution in [1.82, 2.24) is 4.72 Å². The van der Waals surface area contributed by atoms with Gasteiger partial charge in [0.05, 0.1) is 4.90 Å². The summed E-state index contributed by atoms with van der Waals surface area (Å²) < 4.78 is 32.9. The minimum absolute atomic E-state index is 0.128. The van der Waals surface area contributed by atoms with Crippen LogP contribution >= 0.6 is 0 Å². The van der Waals surface area contributed by atoms with E-state index in [0.717, 1.165) is 12.0 Å². The van der Waals surface area contributed by atoms with E-state index < -0.39 is 10.0 Å². The number of sulfonamides is 1. The lowest BCUT2D eigenvalue weighted by atomic mass is 10.2. The number of benzene rings is 3. The molecule has 0 radical (unpaired) electrons. The number of ether oxygens (including phenoxy) is 1. The van der Waals surface area contributed by atoms with E-state index >= 15 is 0 Å². The number of carbonyl (C=O) groups is 1. The highest BCUT2D eigenvalue weighted by Crippen LogP contribution is 2.15. The number of amides is 1. The summed E-state index contributed by atoms with van der Waals surface area (Å²) in [7, 11) is -3.64. The van der Waals surface area contributed by atoms with E-state index in [4.69, 9.17) is 4.74 Å². The van der Waals surface area contributed by atoms with Crippen LogP contribution in [0.5, 0.6) is 5.75 Å². The van der Waals surface area contributed by atoms with Crippen molar-refractivity contribution in [3.05, 3.63) is 90.0 Å². The SMILES string of the molecule is CCc1ccc(OCC(=O)Nc2ccc(S(=O)(=O)NCc3ccccc3)cc2)cc1. The van der Waals surface area contributed by atoms with Gasteiger partial charge in [-0.15, -0.1) is 0 Å². The fraction of sp³-hybridized carbons (Fsp3) is 0.174. The predicted molar refractivity (Wildman–Crippen MR) is 117 cm³/mol. The fourth-order valence-corrected chi connectivity index (χ4v) is 3.76. The van der Waals surface area contributed by atoms with Crippen molar-refractivity contribution in [3.8, 4) is 5.75 Å². The molecule has 0 atom stereocenters. The summed E-state index contributed by atoms with van der Waals surface area (Å²) in [5, 5.41) is 2.69. The second-order valence-electron chi connectivity index (χ2n) is 6.67. The molecule has 6 nitrogen and oxygen atoms in total. The molecule has 0 aliphatic rings. The highest BCUT2D eigenvalue weighted by molar-refractivity contribution is 7.89. The van der Waals surface area contributed by atoms with Crippen LogP contribution in [-0.2, 0) is 27.8 Å². The van der Waals surface area contributed by atoms with E-state index in [1.165, 1.54) is 17.7 Å². The lowest BCUT2D eigenvalue weighted by Gasteiger charge is -2.10. The molecule has 30 heavy (non-hydrogen) atoms. The van der Waals surface area contributed by atoms with Crippen LogP contribution in [0.3, 0.4) is 0 Å². The first-order valence-corrected chi connectivity index (χ1v) is 11.1. The zero-order valence-electron chi connectivity index (χ0n) is 16.7. The quantitative estimate of drug-likeness (QED) is 0.548. The Hall–Kier alpha value is -3.16. The topological polar surface area (TPSA) is 84.5 Å². The van der Waals surface area contributed by atoms with Gasteiger partial charge in [-0.25, -0.2) is 13.1 Å². The van der Waals surface area contributed by atoms with Crippen LogP contribution in [0.1, 0.15) is 18.1 Å². The Kier molecular flexibility index (Phi) is 7.21. The molecule has 0 heterocycles. The monoisotopic (exact) mass is 424 g/mol. The molecule has 1 amide bonds. The fourth-order valence-electron chi connectivity index (χ4n) is 2.74. The van der Waals surface area contributed by atoms with E-state index in [1.54, 1.807) is 12.1 Å². The molecular weight excluding hydrogens is 400 g/mol. The van der Waals surface area contributed by atoms with Gasteiger partial charge < -0.3 is 10.1 Å². The second kappa shape index (κ2) is 10.0. The van der Waals surface area contributed by atoms with Crippen molar-refractivity contribution in [1.29, 1.82) is 0 Å². The molecule has 0 bridgehead atoms. The molecule has 0 fully saturated rings. The van der Waals surface area contributed by atoms with Gasteiger partial charge in [-0.2, -0.15) is 0 Å². The summed E-state index contributed by atoms with van der Waals surface area (Å²) in [6, 6.07) is 22.8. The Morgan fingerprint density at radius 3 is 2.17 bits per heavy atom. The number of nitrogens with one attached hydrogen (secondary N) is 2. The van der Waals surface area contributed by atoms with Gasteiger partial charge in [-0.3, -0.25) is 4.79 Å². The van der Waals surface area contributed by atoms with Gasteiger partial charge in [0.15, 0.2) is 6.61 Å². The van der Waals surface area contributed by atoms with Crippen LogP contribution in [0.15, 0.2) is 83.8 Å². The van der Waals surface area contributed by atoms with E-state index in [9.17, 15) is 13.2 Å². The molecule has 0 aliphatic carbocycles. The van der Waals surface area contributed by atoms with Crippen LogP contribution in [0.25, 0.3) is 0 Å². The zero-order chi connectivity index (χ0) is 21.4. The van der Waals surface area contributed by atoms with Gasteiger partial charge >= 0.3 is 0 Å². The maximum atomic E-state index is 12.4. The molecule has 2 N–H and O–H groups in total. The molecule has 3 aromatic rings. The molecule has 3 aromatic carbocycles. The minimum atomic E-state index is -3.64. The van der Waals surface area contributed by atoms with Crippen molar-refractivity contribution in [2.75, 3.05) is 11.9 Å². The van der Waals surface area contributed by atoms with Gasteiger partial charge in [-0.05, 0) is 53.9 Å². The summed E-state index contributed by atoms with van der Waals surface area (Å²) in [5.41, 5.74) is 2.56. The molecule has 0 unspecified atom stereocenters. The van der Waals surface area contributed by atoms with Crippen LogP contribution in [0.4, 0.5) is 5.69 Å². The Labute approximate surface area is 177 Å². The largest absolute Gasteiger partial charge is 0.484 e. The van der Waals surface area contributed by atoms with Crippen molar-refractivity contribution < 1.29 is 17.9 Å².